The van der Waals surface area contributed by atoms with Crippen molar-refractivity contribution < 1.29 is 18.7 Å². The molecule has 0 aromatic heterocycles. The fourth-order valence-corrected chi connectivity index (χ4v) is 3.47. The maximum absolute atomic E-state index is 13.7. The van der Waals surface area contributed by atoms with Gasteiger partial charge in [0.1, 0.15) is 5.82 Å². The number of nitrogens with one attached hydrogen (secondary N) is 1. The number of hydrogen-bond donors (Lipinski definition) is 1. The topological polar surface area (TPSA) is 61.9 Å². The van der Waals surface area contributed by atoms with Crippen molar-refractivity contribution in [2.24, 2.45) is 0 Å². The van der Waals surface area contributed by atoms with Crippen LogP contribution in [0, 0.1) is 5.82 Å². The molecule has 2 fully saturated rings. The summed E-state index contributed by atoms with van der Waals surface area (Å²) in [6, 6.07) is 3.86. The molecular weight excluding hydrogens is 361 g/mol. The quantitative estimate of drug-likeness (QED) is 0.842. The number of hydrogen-bond acceptors (Lipinski definition) is 4. The molecule has 0 bridgehead atoms. The van der Waals surface area contributed by atoms with Crippen LogP contribution in [0.2, 0.25) is 5.02 Å². The highest BCUT2D eigenvalue weighted by Gasteiger charge is 2.34. The molecule has 2 atom stereocenters. The number of ether oxygens (including phenoxy) is 1. The Labute approximate surface area is 157 Å². The third-order valence-electron chi connectivity index (χ3n) is 4.75. The largest absolute Gasteiger partial charge is 0.378 e. The van der Waals surface area contributed by atoms with Crippen molar-refractivity contribution >= 4 is 29.1 Å². The van der Waals surface area contributed by atoms with E-state index in [0.29, 0.717) is 51.4 Å². The first-order valence-electron chi connectivity index (χ1n) is 8.83. The summed E-state index contributed by atoms with van der Waals surface area (Å²) in [5.41, 5.74) is 0.498. The van der Waals surface area contributed by atoms with Gasteiger partial charge in [0.05, 0.1) is 24.3 Å². The van der Waals surface area contributed by atoms with Gasteiger partial charge in [0.2, 0.25) is 11.8 Å². The van der Waals surface area contributed by atoms with E-state index in [4.69, 9.17) is 16.3 Å². The summed E-state index contributed by atoms with van der Waals surface area (Å²) in [7, 11) is 0. The van der Waals surface area contributed by atoms with Crippen molar-refractivity contribution in [3.8, 4) is 0 Å². The van der Waals surface area contributed by atoms with Crippen LogP contribution in [0.1, 0.15) is 19.8 Å². The normalized spacial score (nSPS) is 22.0. The van der Waals surface area contributed by atoms with Crippen LogP contribution in [0.4, 0.5) is 10.1 Å². The van der Waals surface area contributed by atoms with Gasteiger partial charge in [-0.2, -0.15) is 0 Å². The van der Waals surface area contributed by atoms with Crippen LogP contribution in [0.15, 0.2) is 18.2 Å². The lowest BCUT2D eigenvalue weighted by atomic mass is 10.1. The minimum absolute atomic E-state index is 0.0327. The van der Waals surface area contributed by atoms with Crippen molar-refractivity contribution in [2.75, 3.05) is 37.7 Å². The highest BCUT2D eigenvalue weighted by atomic mass is 35.5. The number of carbonyl (C=O) groups excluding carboxylic acids is 2. The summed E-state index contributed by atoms with van der Waals surface area (Å²) in [4.78, 5) is 28.3. The Bertz CT molecular complexity index is 682. The Hall–Kier alpha value is -1.70. The van der Waals surface area contributed by atoms with Crippen LogP contribution >= 0.6 is 11.6 Å². The highest BCUT2D eigenvalue weighted by Crippen LogP contribution is 2.26. The van der Waals surface area contributed by atoms with E-state index >= 15 is 0 Å². The molecule has 0 radical (unpaired) electrons. The van der Waals surface area contributed by atoms with E-state index in [0.717, 1.165) is 0 Å². The predicted molar refractivity (Wildman–Crippen MR) is 96.8 cm³/mol. The van der Waals surface area contributed by atoms with Gasteiger partial charge in [0.25, 0.3) is 0 Å². The molecule has 8 heteroatoms. The maximum atomic E-state index is 13.7. The summed E-state index contributed by atoms with van der Waals surface area (Å²) in [5, 5.41) is 3.27. The van der Waals surface area contributed by atoms with Crippen molar-refractivity contribution in [3.05, 3.63) is 29.0 Å². The van der Waals surface area contributed by atoms with Gasteiger partial charge in [-0.25, -0.2) is 4.39 Å². The van der Waals surface area contributed by atoms with E-state index in [1.165, 1.54) is 12.1 Å². The fraction of sp³-hybridized carbons (Fsp3) is 0.556. The summed E-state index contributed by atoms with van der Waals surface area (Å²) < 4.78 is 18.9. The van der Waals surface area contributed by atoms with Crippen LogP contribution in [0.3, 0.4) is 0 Å². The molecule has 2 saturated heterocycles. The van der Waals surface area contributed by atoms with E-state index in [1.54, 1.807) is 15.9 Å². The summed E-state index contributed by atoms with van der Waals surface area (Å²) in [6.45, 7) is 4.77. The lowest BCUT2D eigenvalue weighted by molar-refractivity contribution is -0.136. The molecule has 2 aliphatic heterocycles. The highest BCUT2D eigenvalue weighted by molar-refractivity contribution is 6.30. The summed E-state index contributed by atoms with van der Waals surface area (Å²) in [6.07, 6.45) is 0.943. The Morgan fingerprint density at radius 2 is 2.12 bits per heavy atom. The monoisotopic (exact) mass is 383 g/mol. The molecule has 1 aromatic carbocycles. The van der Waals surface area contributed by atoms with E-state index in [2.05, 4.69) is 5.32 Å². The molecule has 1 aromatic rings. The van der Waals surface area contributed by atoms with Gasteiger partial charge in [-0.15, -0.1) is 0 Å². The molecule has 2 heterocycles. The minimum atomic E-state index is -0.544. The summed E-state index contributed by atoms with van der Waals surface area (Å²) in [5.74, 6) is -0.592. The maximum Gasteiger partial charge on any atom is 0.244 e. The fourth-order valence-electron chi connectivity index (χ4n) is 3.35. The van der Waals surface area contributed by atoms with Crippen molar-refractivity contribution in [1.82, 2.24) is 10.2 Å². The van der Waals surface area contributed by atoms with Gasteiger partial charge in [-0.3, -0.25) is 9.59 Å². The zero-order valence-corrected chi connectivity index (χ0v) is 15.5. The zero-order chi connectivity index (χ0) is 18.7. The third-order valence-corrected chi connectivity index (χ3v) is 5.06. The molecule has 0 saturated carbocycles. The molecule has 0 aliphatic carbocycles. The van der Waals surface area contributed by atoms with E-state index in [-0.39, 0.29) is 28.9 Å². The third kappa shape index (κ3) is 4.34. The van der Waals surface area contributed by atoms with Gasteiger partial charge in [0.15, 0.2) is 0 Å². The second-order valence-corrected chi connectivity index (χ2v) is 7.10. The first-order chi connectivity index (χ1) is 12.5. The molecule has 2 aliphatic rings. The lowest BCUT2D eigenvalue weighted by Gasteiger charge is -2.28. The first kappa shape index (κ1) is 19.1. The molecule has 26 heavy (non-hydrogen) atoms. The molecule has 0 unspecified atom stereocenters. The van der Waals surface area contributed by atoms with Gasteiger partial charge in [-0.05, 0) is 31.5 Å². The van der Waals surface area contributed by atoms with Crippen molar-refractivity contribution in [2.45, 2.75) is 31.8 Å². The van der Waals surface area contributed by atoms with Gasteiger partial charge >= 0.3 is 0 Å². The molecule has 142 valence electrons. The molecular formula is C18H23ClFN3O3. The molecule has 3 rings (SSSR count). The van der Waals surface area contributed by atoms with Crippen molar-refractivity contribution in [1.29, 1.82) is 0 Å². The van der Waals surface area contributed by atoms with Gasteiger partial charge < -0.3 is 19.9 Å². The number of halogens is 2. The lowest BCUT2D eigenvalue weighted by Crippen LogP contribution is -2.46. The van der Waals surface area contributed by atoms with E-state index in [9.17, 15) is 14.0 Å². The minimum Gasteiger partial charge on any atom is -0.378 e. The second kappa shape index (κ2) is 8.33. The Morgan fingerprint density at radius 3 is 2.81 bits per heavy atom. The number of amides is 2. The standard InChI is InChI=1S/C18H23ClFN3O3/c1-12(10-17(24)22-6-8-26-9-7-22)21-16-4-5-23(18(16)25)13-2-3-14(19)15(20)11-13/h2-3,11-12,16,21H,4-10H2,1H3/t12-,16+/m0/s1. The SMILES string of the molecule is C[C@@H](CC(=O)N1CCOCC1)N[C@@H]1CCN(c2ccc(Cl)c(F)c2)C1=O. The first-order valence-corrected chi connectivity index (χ1v) is 9.21. The number of rotatable bonds is 5. The Morgan fingerprint density at radius 1 is 1.38 bits per heavy atom. The number of anilines is 1. The number of nitrogens with zero attached hydrogens (tertiary/aromatic N) is 2. The second-order valence-electron chi connectivity index (χ2n) is 6.69. The van der Waals surface area contributed by atoms with Gasteiger partial charge in [0, 0.05) is 37.8 Å². The smallest absolute Gasteiger partial charge is 0.244 e. The van der Waals surface area contributed by atoms with Crippen LogP contribution in [-0.4, -0.2) is 61.6 Å². The van der Waals surface area contributed by atoms with Crippen molar-refractivity contribution in [3.63, 3.8) is 0 Å². The van der Waals surface area contributed by atoms with E-state index < -0.39 is 5.82 Å². The van der Waals surface area contributed by atoms with Crippen LogP contribution < -0.4 is 10.2 Å². The van der Waals surface area contributed by atoms with Gasteiger partial charge in [-0.1, -0.05) is 11.6 Å². The number of benzene rings is 1. The molecule has 2 amide bonds. The zero-order valence-electron chi connectivity index (χ0n) is 14.7. The molecule has 0 spiro atoms. The summed E-state index contributed by atoms with van der Waals surface area (Å²) >= 11 is 5.70. The molecule has 6 nitrogen and oxygen atoms in total. The Kier molecular flexibility index (Phi) is 6.11. The molecule has 1 N–H and O–H groups in total. The number of morpholine rings is 1. The van der Waals surface area contributed by atoms with Crippen LogP contribution in [0.5, 0.6) is 0 Å². The van der Waals surface area contributed by atoms with E-state index in [1.807, 2.05) is 6.92 Å². The Balaban J connectivity index is 1.54. The average Bonchev–Trinajstić information content (AvgIpc) is 2.98. The predicted octanol–water partition coefficient (Wildman–Crippen LogP) is 1.81. The average molecular weight is 384 g/mol. The number of carbonyl (C=O) groups is 2. The van der Waals surface area contributed by atoms with Crippen LogP contribution in [-0.2, 0) is 14.3 Å². The van der Waals surface area contributed by atoms with Crippen LogP contribution in [0.25, 0.3) is 0 Å².